The predicted molar refractivity (Wildman–Crippen MR) is 106 cm³/mol. The number of unbranched alkanes of at least 4 members (excludes halogenated alkanes) is 2. The van der Waals surface area contributed by atoms with Crippen LogP contribution < -0.4 is 15.5 Å². The van der Waals surface area contributed by atoms with Crippen molar-refractivity contribution >= 4 is 23.3 Å². The van der Waals surface area contributed by atoms with Crippen molar-refractivity contribution in [1.29, 1.82) is 5.26 Å². The molecule has 1 heterocycles. The molecule has 0 aliphatic carbocycles. The van der Waals surface area contributed by atoms with Crippen LogP contribution in [-0.2, 0) is 14.3 Å². The van der Waals surface area contributed by atoms with E-state index in [1.807, 2.05) is 30.3 Å². The molecular formula is C20H26N4O4. The summed E-state index contributed by atoms with van der Waals surface area (Å²) in [6.07, 6.45) is 3.50. The van der Waals surface area contributed by atoms with Crippen LogP contribution in [0.2, 0.25) is 0 Å². The standard InChI is InChI=1S/C20H26N4O4/c21-14-16(20(27)22-9-5-1-2-8-19(25)26)15-23-17-6-3-4-7-18(17)24-10-12-28-13-11-24/h3-4,6-7,15,23H,1-2,5,8-13H2,(H,22,27)(H,25,26)/b16-15-. The minimum Gasteiger partial charge on any atom is -0.481 e. The number of aliphatic carboxylic acids is 1. The normalized spacial score (nSPS) is 14.2. The molecule has 0 unspecified atom stereocenters. The van der Waals surface area contributed by atoms with Crippen LogP contribution in [0.25, 0.3) is 0 Å². The van der Waals surface area contributed by atoms with E-state index in [1.165, 1.54) is 6.20 Å². The van der Waals surface area contributed by atoms with Gasteiger partial charge in [-0.3, -0.25) is 9.59 Å². The first-order chi connectivity index (χ1) is 13.6. The number of carboxylic acids is 1. The smallest absolute Gasteiger partial charge is 0.303 e. The average molecular weight is 386 g/mol. The lowest BCUT2D eigenvalue weighted by atomic mass is 10.2. The summed E-state index contributed by atoms with van der Waals surface area (Å²) in [6, 6.07) is 9.64. The van der Waals surface area contributed by atoms with E-state index in [9.17, 15) is 14.9 Å². The van der Waals surface area contributed by atoms with E-state index in [-0.39, 0.29) is 12.0 Å². The number of para-hydroxylation sites is 2. The molecule has 0 bridgehead atoms. The van der Waals surface area contributed by atoms with E-state index < -0.39 is 11.9 Å². The van der Waals surface area contributed by atoms with Gasteiger partial charge >= 0.3 is 5.97 Å². The number of carbonyl (C=O) groups is 2. The molecule has 2 rings (SSSR count). The maximum atomic E-state index is 12.2. The van der Waals surface area contributed by atoms with E-state index >= 15 is 0 Å². The molecule has 0 saturated carbocycles. The molecule has 3 N–H and O–H groups in total. The predicted octanol–water partition coefficient (Wildman–Crippen LogP) is 2.10. The number of benzene rings is 1. The first-order valence-electron chi connectivity index (χ1n) is 9.40. The molecule has 1 aromatic carbocycles. The highest BCUT2D eigenvalue weighted by Gasteiger charge is 2.14. The number of nitrogens with zero attached hydrogens (tertiary/aromatic N) is 2. The molecule has 150 valence electrons. The fourth-order valence-electron chi connectivity index (χ4n) is 2.85. The molecule has 0 radical (unpaired) electrons. The summed E-state index contributed by atoms with van der Waals surface area (Å²) in [5, 5.41) is 23.6. The number of rotatable bonds is 10. The van der Waals surface area contributed by atoms with Gasteiger partial charge in [0.05, 0.1) is 24.6 Å². The van der Waals surface area contributed by atoms with Crippen molar-refractivity contribution < 1.29 is 19.4 Å². The van der Waals surface area contributed by atoms with Crippen molar-refractivity contribution in [2.45, 2.75) is 25.7 Å². The van der Waals surface area contributed by atoms with Crippen LogP contribution in [0.3, 0.4) is 0 Å². The van der Waals surface area contributed by atoms with Gasteiger partial charge in [-0.2, -0.15) is 5.26 Å². The molecule has 0 spiro atoms. The van der Waals surface area contributed by atoms with Gasteiger partial charge in [-0.1, -0.05) is 18.6 Å². The van der Waals surface area contributed by atoms with Gasteiger partial charge in [-0.05, 0) is 25.0 Å². The van der Waals surface area contributed by atoms with Crippen molar-refractivity contribution in [2.75, 3.05) is 43.1 Å². The number of carbonyl (C=O) groups excluding carboxylic acids is 1. The van der Waals surface area contributed by atoms with Crippen molar-refractivity contribution in [2.24, 2.45) is 0 Å². The van der Waals surface area contributed by atoms with Crippen molar-refractivity contribution in [3.63, 3.8) is 0 Å². The SMILES string of the molecule is N#C/C(=C/Nc1ccccc1N1CCOCC1)C(=O)NCCCCCC(=O)O. The van der Waals surface area contributed by atoms with Crippen molar-refractivity contribution in [3.05, 3.63) is 36.0 Å². The minimum absolute atomic E-state index is 0.0117. The van der Waals surface area contributed by atoms with E-state index in [4.69, 9.17) is 9.84 Å². The fraction of sp³-hybridized carbons (Fsp3) is 0.450. The third-order valence-electron chi connectivity index (χ3n) is 4.35. The molecule has 1 aliphatic heterocycles. The Kier molecular flexibility index (Phi) is 8.82. The molecule has 1 saturated heterocycles. The molecule has 0 aromatic heterocycles. The average Bonchev–Trinajstić information content (AvgIpc) is 2.71. The molecule has 28 heavy (non-hydrogen) atoms. The lowest BCUT2D eigenvalue weighted by molar-refractivity contribution is -0.137. The summed E-state index contributed by atoms with van der Waals surface area (Å²) in [5.41, 5.74) is 1.80. The van der Waals surface area contributed by atoms with Crippen LogP contribution >= 0.6 is 0 Å². The Hall–Kier alpha value is -3.05. The van der Waals surface area contributed by atoms with Crippen LogP contribution in [0.5, 0.6) is 0 Å². The topological polar surface area (TPSA) is 115 Å². The third-order valence-corrected chi connectivity index (χ3v) is 4.35. The molecule has 1 aromatic rings. The van der Waals surface area contributed by atoms with E-state index in [2.05, 4.69) is 15.5 Å². The Labute approximate surface area is 164 Å². The van der Waals surface area contributed by atoms with Gasteiger partial charge in [0.15, 0.2) is 0 Å². The van der Waals surface area contributed by atoms with Crippen LogP contribution in [0.1, 0.15) is 25.7 Å². The van der Waals surface area contributed by atoms with Crippen LogP contribution in [-0.4, -0.2) is 49.8 Å². The number of nitriles is 1. The Morgan fingerprint density at radius 1 is 1.21 bits per heavy atom. The zero-order valence-corrected chi connectivity index (χ0v) is 15.8. The number of ether oxygens (including phenoxy) is 1. The maximum absolute atomic E-state index is 12.2. The maximum Gasteiger partial charge on any atom is 0.303 e. The summed E-state index contributed by atoms with van der Waals surface area (Å²) >= 11 is 0. The summed E-state index contributed by atoms with van der Waals surface area (Å²) in [4.78, 5) is 24.8. The van der Waals surface area contributed by atoms with Crippen molar-refractivity contribution in [1.82, 2.24) is 5.32 Å². The summed E-state index contributed by atoms with van der Waals surface area (Å²) in [7, 11) is 0. The van der Waals surface area contributed by atoms with Gasteiger partial charge in [0.2, 0.25) is 0 Å². The number of hydrogen-bond donors (Lipinski definition) is 3. The third kappa shape index (κ3) is 6.93. The van der Waals surface area contributed by atoms with Crippen LogP contribution in [0.4, 0.5) is 11.4 Å². The van der Waals surface area contributed by atoms with Gasteiger partial charge in [-0.25, -0.2) is 0 Å². The van der Waals surface area contributed by atoms with Crippen LogP contribution in [0.15, 0.2) is 36.0 Å². The van der Waals surface area contributed by atoms with Crippen LogP contribution in [0, 0.1) is 11.3 Å². The van der Waals surface area contributed by atoms with Gasteiger partial charge < -0.3 is 25.4 Å². The highest BCUT2D eigenvalue weighted by atomic mass is 16.5. The Balaban J connectivity index is 1.88. The van der Waals surface area contributed by atoms with Gasteiger partial charge in [0.25, 0.3) is 5.91 Å². The minimum atomic E-state index is -0.817. The summed E-state index contributed by atoms with van der Waals surface area (Å²) < 4.78 is 5.38. The summed E-state index contributed by atoms with van der Waals surface area (Å²) in [5.74, 6) is -1.26. The Morgan fingerprint density at radius 3 is 2.68 bits per heavy atom. The van der Waals surface area contributed by atoms with E-state index in [0.29, 0.717) is 39.0 Å². The van der Waals surface area contributed by atoms with Crippen molar-refractivity contribution in [3.8, 4) is 6.07 Å². The zero-order valence-electron chi connectivity index (χ0n) is 15.8. The number of amides is 1. The van der Waals surface area contributed by atoms with Gasteiger partial charge in [0.1, 0.15) is 11.6 Å². The van der Waals surface area contributed by atoms with E-state index in [1.54, 1.807) is 0 Å². The number of morpholine rings is 1. The lowest BCUT2D eigenvalue weighted by Crippen LogP contribution is -2.36. The molecule has 0 atom stereocenters. The van der Waals surface area contributed by atoms with E-state index in [0.717, 1.165) is 24.5 Å². The molecule has 1 fully saturated rings. The molecule has 1 aliphatic rings. The largest absolute Gasteiger partial charge is 0.481 e. The number of hydrogen-bond acceptors (Lipinski definition) is 6. The first-order valence-corrected chi connectivity index (χ1v) is 9.40. The highest BCUT2D eigenvalue weighted by Crippen LogP contribution is 2.26. The Bertz CT molecular complexity index is 736. The first kappa shape index (κ1) is 21.3. The number of nitrogens with one attached hydrogen (secondary N) is 2. The number of carboxylic acid groups (broad SMARTS) is 1. The monoisotopic (exact) mass is 386 g/mol. The second-order valence-electron chi connectivity index (χ2n) is 6.39. The molecule has 8 nitrogen and oxygen atoms in total. The van der Waals surface area contributed by atoms with Gasteiger partial charge in [-0.15, -0.1) is 0 Å². The molecular weight excluding hydrogens is 360 g/mol. The second kappa shape index (κ2) is 11.6. The molecule has 8 heteroatoms. The Morgan fingerprint density at radius 2 is 1.96 bits per heavy atom. The van der Waals surface area contributed by atoms with Gasteiger partial charge in [0, 0.05) is 32.3 Å². The second-order valence-corrected chi connectivity index (χ2v) is 6.39. The molecule has 1 amide bonds. The zero-order chi connectivity index (χ0) is 20.2. The number of anilines is 2. The summed E-state index contributed by atoms with van der Waals surface area (Å²) in [6.45, 7) is 3.32. The highest BCUT2D eigenvalue weighted by molar-refractivity contribution is 5.97. The fourth-order valence-corrected chi connectivity index (χ4v) is 2.85. The lowest BCUT2D eigenvalue weighted by Gasteiger charge is -2.30. The quantitative estimate of drug-likeness (QED) is 0.320.